The number of nitrogens with zero attached hydrogens (tertiary/aromatic N) is 2. The third-order valence-electron chi connectivity index (χ3n) is 4.00. The summed E-state index contributed by atoms with van der Waals surface area (Å²) >= 11 is 6.17. The summed E-state index contributed by atoms with van der Waals surface area (Å²) in [6, 6.07) is 5.02. The first-order valence-electron chi connectivity index (χ1n) is 7.10. The zero-order valence-corrected chi connectivity index (χ0v) is 12.6. The van der Waals surface area contributed by atoms with E-state index in [1.165, 1.54) is 4.90 Å². The van der Waals surface area contributed by atoms with Crippen molar-refractivity contribution in [3.05, 3.63) is 28.8 Å². The van der Waals surface area contributed by atoms with Gasteiger partial charge in [-0.2, -0.15) is 0 Å². The van der Waals surface area contributed by atoms with E-state index >= 15 is 0 Å². The van der Waals surface area contributed by atoms with Gasteiger partial charge in [0.05, 0.1) is 35.5 Å². The number of ketones is 1. The van der Waals surface area contributed by atoms with Gasteiger partial charge in [-0.15, -0.1) is 0 Å². The molecule has 1 unspecified atom stereocenters. The molecule has 21 heavy (non-hydrogen) atoms. The number of morpholine rings is 1. The predicted octanol–water partition coefficient (Wildman–Crippen LogP) is 1.59. The van der Waals surface area contributed by atoms with Crippen LogP contribution in [0.15, 0.2) is 18.2 Å². The number of Topliss-reactive ketones (excluding diaryl/α,β-unsaturated/α-hetero) is 1. The number of amides is 1. The normalized spacial score (nSPS) is 22.8. The number of anilines is 1. The average Bonchev–Trinajstić information content (AvgIpc) is 2.74. The topological polar surface area (TPSA) is 49.9 Å². The highest BCUT2D eigenvalue weighted by Gasteiger charge is 2.39. The van der Waals surface area contributed by atoms with Crippen LogP contribution in [0.2, 0.25) is 5.02 Å². The van der Waals surface area contributed by atoms with Crippen LogP contribution in [0.5, 0.6) is 0 Å². The molecule has 0 spiro atoms. The molecule has 0 bridgehead atoms. The summed E-state index contributed by atoms with van der Waals surface area (Å²) in [5.41, 5.74) is 0.905. The Balaban J connectivity index is 1.83. The van der Waals surface area contributed by atoms with Crippen molar-refractivity contribution in [1.82, 2.24) is 4.90 Å². The van der Waals surface area contributed by atoms with E-state index in [1.807, 2.05) is 0 Å². The number of likely N-dealkylation sites (N-methyl/N-ethyl adjacent to an activating group) is 1. The molecule has 112 valence electrons. The highest BCUT2D eigenvalue weighted by molar-refractivity contribution is 6.54. The Labute approximate surface area is 128 Å². The molecule has 1 aromatic carbocycles. The lowest BCUT2D eigenvalue weighted by Crippen LogP contribution is -2.48. The lowest BCUT2D eigenvalue weighted by atomic mass is 10.1. The fourth-order valence-electron chi connectivity index (χ4n) is 2.87. The van der Waals surface area contributed by atoms with Gasteiger partial charge in [-0.05, 0) is 18.7 Å². The molecule has 0 saturated carbocycles. The summed E-state index contributed by atoms with van der Waals surface area (Å²) in [7, 11) is 0. The number of carbonyl (C=O) groups is 2. The molecule has 5 nitrogen and oxygen atoms in total. The Bertz CT molecular complexity index is 590. The first-order valence-corrected chi connectivity index (χ1v) is 7.48. The van der Waals surface area contributed by atoms with Crippen LogP contribution in [-0.2, 0) is 9.53 Å². The number of carbonyl (C=O) groups excluding carboxylic acids is 2. The number of para-hydroxylation sites is 1. The highest BCUT2D eigenvalue weighted by Crippen LogP contribution is 2.36. The maximum absolute atomic E-state index is 12.2. The first kappa shape index (κ1) is 14.5. The quantitative estimate of drug-likeness (QED) is 0.796. The molecular weight excluding hydrogens is 292 g/mol. The summed E-state index contributed by atoms with van der Waals surface area (Å²) in [5, 5.41) is 0.426. The molecule has 6 heteroatoms. The molecule has 2 aliphatic heterocycles. The van der Waals surface area contributed by atoms with Crippen LogP contribution in [0.25, 0.3) is 0 Å². The van der Waals surface area contributed by atoms with Gasteiger partial charge in [0.2, 0.25) is 0 Å². The molecule has 0 aliphatic carbocycles. The van der Waals surface area contributed by atoms with E-state index in [-0.39, 0.29) is 6.10 Å². The standard InChI is InChI=1S/C15H17ClN2O3/c1-2-17-6-7-21-10(8-17)9-18-13-11(14(19)15(18)20)4-3-5-12(13)16/h3-5,10H,2,6-9H2,1H3. The van der Waals surface area contributed by atoms with Gasteiger partial charge >= 0.3 is 0 Å². The van der Waals surface area contributed by atoms with E-state index in [4.69, 9.17) is 16.3 Å². The van der Waals surface area contributed by atoms with Gasteiger partial charge < -0.3 is 9.64 Å². The number of ether oxygens (including phenoxy) is 1. The highest BCUT2D eigenvalue weighted by atomic mass is 35.5. The van der Waals surface area contributed by atoms with Crippen molar-refractivity contribution in [3.63, 3.8) is 0 Å². The van der Waals surface area contributed by atoms with Crippen LogP contribution in [0.4, 0.5) is 5.69 Å². The first-order chi connectivity index (χ1) is 10.1. The minimum atomic E-state index is -0.518. The summed E-state index contributed by atoms with van der Waals surface area (Å²) in [6.45, 7) is 5.70. The summed E-state index contributed by atoms with van der Waals surface area (Å²) in [5.74, 6) is -1.01. The SMILES string of the molecule is CCN1CCOC(CN2C(=O)C(=O)c3cccc(Cl)c32)C1. The average molecular weight is 309 g/mol. The molecule has 0 N–H and O–H groups in total. The Hall–Kier alpha value is -1.43. The summed E-state index contributed by atoms with van der Waals surface area (Å²) in [4.78, 5) is 27.9. The summed E-state index contributed by atoms with van der Waals surface area (Å²) in [6.07, 6.45) is -0.0994. The van der Waals surface area contributed by atoms with Crippen molar-refractivity contribution in [1.29, 1.82) is 0 Å². The van der Waals surface area contributed by atoms with E-state index < -0.39 is 11.7 Å². The van der Waals surface area contributed by atoms with E-state index in [0.717, 1.165) is 19.6 Å². The monoisotopic (exact) mass is 308 g/mol. The number of rotatable bonds is 3. The van der Waals surface area contributed by atoms with Gasteiger partial charge in [0.1, 0.15) is 0 Å². The minimum absolute atomic E-state index is 0.0994. The molecular formula is C15H17ClN2O3. The van der Waals surface area contributed by atoms with Gasteiger partial charge in [0.25, 0.3) is 11.7 Å². The molecule has 3 rings (SSSR count). The number of fused-ring (bicyclic) bond motifs is 1. The van der Waals surface area contributed by atoms with Crippen molar-refractivity contribution in [2.24, 2.45) is 0 Å². The molecule has 2 aliphatic rings. The molecule has 1 saturated heterocycles. The van der Waals surface area contributed by atoms with Crippen LogP contribution in [0.1, 0.15) is 17.3 Å². The second kappa shape index (κ2) is 5.75. The number of halogens is 1. The van der Waals surface area contributed by atoms with Crippen molar-refractivity contribution >= 4 is 29.0 Å². The van der Waals surface area contributed by atoms with Crippen molar-refractivity contribution < 1.29 is 14.3 Å². The number of benzene rings is 1. The van der Waals surface area contributed by atoms with Gasteiger partial charge in [-0.25, -0.2) is 0 Å². The lowest BCUT2D eigenvalue weighted by molar-refractivity contribution is -0.115. The van der Waals surface area contributed by atoms with Crippen molar-refractivity contribution in [2.75, 3.05) is 37.7 Å². The second-order valence-electron chi connectivity index (χ2n) is 5.27. The van der Waals surface area contributed by atoms with Gasteiger partial charge in [-0.3, -0.25) is 14.5 Å². The Morgan fingerprint density at radius 2 is 2.19 bits per heavy atom. The lowest BCUT2D eigenvalue weighted by Gasteiger charge is -2.34. The van der Waals surface area contributed by atoms with E-state index in [0.29, 0.717) is 29.4 Å². The molecule has 1 fully saturated rings. The van der Waals surface area contributed by atoms with Crippen molar-refractivity contribution in [2.45, 2.75) is 13.0 Å². The molecule has 1 aromatic rings. The molecule has 1 amide bonds. The Morgan fingerprint density at radius 1 is 1.38 bits per heavy atom. The van der Waals surface area contributed by atoms with Crippen LogP contribution >= 0.6 is 11.6 Å². The molecule has 1 atom stereocenters. The van der Waals surface area contributed by atoms with Gasteiger partial charge in [0.15, 0.2) is 0 Å². The second-order valence-corrected chi connectivity index (χ2v) is 5.67. The third kappa shape index (κ3) is 2.57. The van der Waals surface area contributed by atoms with Crippen LogP contribution in [0.3, 0.4) is 0 Å². The maximum atomic E-state index is 12.2. The molecule has 0 radical (unpaired) electrons. The number of hydrogen-bond donors (Lipinski definition) is 0. The van der Waals surface area contributed by atoms with Crippen LogP contribution in [0, 0.1) is 0 Å². The zero-order valence-electron chi connectivity index (χ0n) is 11.8. The van der Waals surface area contributed by atoms with Crippen LogP contribution in [-0.4, -0.2) is 55.5 Å². The van der Waals surface area contributed by atoms with Crippen LogP contribution < -0.4 is 4.90 Å². The molecule has 0 aromatic heterocycles. The predicted molar refractivity (Wildman–Crippen MR) is 80.0 cm³/mol. The van der Waals surface area contributed by atoms with E-state index in [2.05, 4.69) is 11.8 Å². The van der Waals surface area contributed by atoms with Crippen molar-refractivity contribution in [3.8, 4) is 0 Å². The van der Waals surface area contributed by atoms with Gasteiger partial charge in [0, 0.05) is 13.1 Å². The summed E-state index contributed by atoms with van der Waals surface area (Å²) < 4.78 is 5.72. The molecule has 2 heterocycles. The zero-order chi connectivity index (χ0) is 15.0. The fourth-order valence-corrected chi connectivity index (χ4v) is 3.14. The smallest absolute Gasteiger partial charge is 0.299 e. The Kier molecular flexibility index (Phi) is 3.97. The maximum Gasteiger partial charge on any atom is 0.299 e. The van der Waals surface area contributed by atoms with E-state index in [9.17, 15) is 9.59 Å². The fraction of sp³-hybridized carbons (Fsp3) is 0.467. The third-order valence-corrected chi connectivity index (χ3v) is 4.30. The van der Waals surface area contributed by atoms with Gasteiger partial charge in [-0.1, -0.05) is 24.6 Å². The number of hydrogen-bond acceptors (Lipinski definition) is 4. The largest absolute Gasteiger partial charge is 0.374 e. The Morgan fingerprint density at radius 3 is 2.95 bits per heavy atom. The minimum Gasteiger partial charge on any atom is -0.374 e. The van der Waals surface area contributed by atoms with E-state index in [1.54, 1.807) is 18.2 Å².